The second-order valence-corrected chi connectivity index (χ2v) is 6.37. The first kappa shape index (κ1) is 18.3. The standard InChI is InChI=1S/C24H18N2O3/c27-23-22(26-24(28)25-19-14-8-3-9-15-19)21(18-12-6-2-7-13-18)20(29-23)16-17-10-4-1-5-11-17/h1-16H,(H2,25,26,28). The zero-order chi connectivity index (χ0) is 20.1. The summed E-state index contributed by atoms with van der Waals surface area (Å²) in [5, 5.41) is 5.37. The first-order chi connectivity index (χ1) is 14.2. The third-order valence-corrected chi connectivity index (χ3v) is 4.33. The lowest BCUT2D eigenvalue weighted by atomic mass is 10.0. The summed E-state index contributed by atoms with van der Waals surface area (Å²) >= 11 is 0. The Hall–Kier alpha value is -4.12. The molecule has 0 saturated carbocycles. The smallest absolute Gasteiger partial charge is 0.361 e. The molecule has 0 aliphatic carbocycles. The van der Waals surface area contributed by atoms with Crippen molar-refractivity contribution in [2.45, 2.75) is 0 Å². The van der Waals surface area contributed by atoms with Crippen LogP contribution in [-0.4, -0.2) is 12.0 Å². The normalized spacial score (nSPS) is 14.6. The average Bonchev–Trinajstić information content (AvgIpc) is 3.04. The summed E-state index contributed by atoms with van der Waals surface area (Å²) in [4.78, 5) is 25.1. The third kappa shape index (κ3) is 4.25. The Morgan fingerprint density at radius 2 is 1.34 bits per heavy atom. The molecular formula is C24H18N2O3. The van der Waals surface area contributed by atoms with Gasteiger partial charge in [-0.3, -0.25) is 0 Å². The van der Waals surface area contributed by atoms with Crippen LogP contribution in [0.2, 0.25) is 0 Å². The lowest BCUT2D eigenvalue weighted by Crippen LogP contribution is -2.30. The molecule has 4 rings (SSSR count). The number of esters is 1. The number of nitrogens with one attached hydrogen (secondary N) is 2. The molecule has 29 heavy (non-hydrogen) atoms. The first-order valence-corrected chi connectivity index (χ1v) is 9.13. The fourth-order valence-electron chi connectivity index (χ4n) is 3.03. The van der Waals surface area contributed by atoms with Gasteiger partial charge >= 0.3 is 12.0 Å². The number of carbonyl (C=O) groups excluding carboxylic acids is 2. The second kappa shape index (κ2) is 8.27. The number of allylic oxidation sites excluding steroid dienone is 1. The molecule has 0 saturated heterocycles. The fourth-order valence-corrected chi connectivity index (χ4v) is 3.03. The molecule has 1 aliphatic heterocycles. The molecule has 2 N–H and O–H groups in total. The van der Waals surface area contributed by atoms with E-state index in [4.69, 9.17) is 4.74 Å². The number of para-hydroxylation sites is 1. The molecule has 0 unspecified atom stereocenters. The zero-order valence-electron chi connectivity index (χ0n) is 15.5. The van der Waals surface area contributed by atoms with Gasteiger partial charge in [-0.25, -0.2) is 9.59 Å². The number of hydrogen-bond donors (Lipinski definition) is 2. The summed E-state index contributed by atoms with van der Waals surface area (Å²) in [6, 6.07) is 27.4. The van der Waals surface area contributed by atoms with E-state index in [-0.39, 0.29) is 5.70 Å². The van der Waals surface area contributed by atoms with E-state index in [1.54, 1.807) is 18.2 Å². The van der Waals surface area contributed by atoms with Crippen molar-refractivity contribution in [2.75, 3.05) is 5.32 Å². The summed E-state index contributed by atoms with van der Waals surface area (Å²) in [5.74, 6) is -0.211. The van der Waals surface area contributed by atoms with Gasteiger partial charge in [0.2, 0.25) is 0 Å². The van der Waals surface area contributed by atoms with Crippen molar-refractivity contribution < 1.29 is 14.3 Å². The molecule has 5 heteroatoms. The number of benzene rings is 3. The van der Waals surface area contributed by atoms with E-state index >= 15 is 0 Å². The van der Waals surface area contributed by atoms with Crippen LogP contribution in [0.1, 0.15) is 11.1 Å². The van der Waals surface area contributed by atoms with Crippen LogP contribution in [0.3, 0.4) is 0 Å². The van der Waals surface area contributed by atoms with Gasteiger partial charge in [-0.15, -0.1) is 0 Å². The number of anilines is 1. The predicted molar refractivity (Wildman–Crippen MR) is 112 cm³/mol. The van der Waals surface area contributed by atoms with E-state index in [2.05, 4.69) is 10.6 Å². The molecule has 1 heterocycles. The first-order valence-electron chi connectivity index (χ1n) is 9.13. The highest BCUT2D eigenvalue weighted by molar-refractivity contribution is 6.11. The number of urea groups is 1. The van der Waals surface area contributed by atoms with Crippen LogP contribution in [0.5, 0.6) is 0 Å². The summed E-state index contributed by atoms with van der Waals surface area (Å²) < 4.78 is 5.50. The highest BCUT2D eigenvalue weighted by Crippen LogP contribution is 2.34. The summed E-state index contributed by atoms with van der Waals surface area (Å²) in [6.45, 7) is 0. The maximum absolute atomic E-state index is 12.6. The molecule has 0 fully saturated rings. The summed E-state index contributed by atoms with van der Waals surface area (Å²) in [5.41, 5.74) is 2.93. The Kier molecular flexibility index (Phi) is 5.21. The molecule has 0 bridgehead atoms. The molecular weight excluding hydrogens is 364 g/mol. The SMILES string of the molecule is O=C(NC1=C(c2ccccc2)C(=Cc2ccccc2)OC1=O)Nc1ccccc1. The van der Waals surface area contributed by atoms with E-state index in [0.717, 1.165) is 11.1 Å². The van der Waals surface area contributed by atoms with Crippen LogP contribution in [-0.2, 0) is 9.53 Å². The highest BCUT2D eigenvalue weighted by atomic mass is 16.5. The molecule has 0 atom stereocenters. The summed E-state index contributed by atoms with van der Waals surface area (Å²) in [6.07, 6.45) is 1.78. The molecule has 142 valence electrons. The van der Waals surface area contributed by atoms with Crippen LogP contribution >= 0.6 is 0 Å². The minimum atomic E-state index is -0.603. The quantitative estimate of drug-likeness (QED) is 0.636. The largest absolute Gasteiger partial charge is 0.421 e. The van der Waals surface area contributed by atoms with Crippen molar-refractivity contribution in [3.8, 4) is 0 Å². The van der Waals surface area contributed by atoms with Gasteiger partial charge in [0, 0.05) is 5.69 Å². The van der Waals surface area contributed by atoms with E-state index in [9.17, 15) is 9.59 Å². The molecule has 3 aromatic carbocycles. The van der Waals surface area contributed by atoms with Gasteiger partial charge in [0.1, 0.15) is 11.5 Å². The van der Waals surface area contributed by atoms with Gasteiger partial charge in [-0.2, -0.15) is 0 Å². The topological polar surface area (TPSA) is 67.4 Å². The zero-order valence-corrected chi connectivity index (χ0v) is 15.5. The van der Waals surface area contributed by atoms with Crippen molar-refractivity contribution in [1.82, 2.24) is 5.32 Å². The van der Waals surface area contributed by atoms with Crippen LogP contribution in [0.4, 0.5) is 10.5 Å². The van der Waals surface area contributed by atoms with Crippen molar-refractivity contribution in [1.29, 1.82) is 0 Å². The van der Waals surface area contributed by atoms with Gasteiger partial charge in [-0.05, 0) is 29.3 Å². The molecule has 0 spiro atoms. The average molecular weight is 382 g/mol. The fraction of sp³-hybridized carbons (Fsp3) is 0. The van der Waals surface area contributed by atoms with E-state index in [1.807, 2.05) is 78.9 Å². The number of cyclic esters (lactones) is 1. The van der Waals surface area contributed by atoms with Gasteiger partial charge in [0.05, 0.1) is 5.57 Å². The van der Waals surface area contributed by atoms with Crippen molar-refractivity contribution in [3.63, 3.8) is 0 Å². The Bertz CT molecular complexity index is 1090. The molecule has 1 aliphatic rings. The van der Waals surface area contributed by atoms with Gasteiger partial charge in [0.25, 0.3) is 0 Å². The van der Waals surface area contributed by atoms with Crippen molar-refractivity contribution >= 4 is 29.3 Å². The number of amides is 2. The molecule has 0 radical (unpaired) electrons. The molecule has 5 nitrogen and oxygen atoms in total. The van der Waals surface area contributed by atoms with Crippen molar-refractivity contribution in [3.05, 3.63) is 114 Å². The van der Waals surface area contributed by atoms with E-state index in [0.29, 0.717) is 17.0 Å². The Morgan fingerprint density at radius 3 is 2.00 bits per heavy atom. The lowest BCUT2D eigenvalue weighted by Gasteiger charge is -2.08. The van der Waals surface area contributed by atoms with E-state index in [1.165, 1.54) is 0 Å². The minimum Gasteiger partial charge on any atom is -0.421 e. The number of rotatable bonds is 4. The third-order valence-electron chi connectivity index (χ3n) is 4.33. The van der Waals surface area contributed by atoms with Crippen LogP contribution in [0, 0.1) is 0 Å². The van der Waals surface area contributed by atoms with Crippen molar-refractivity contribution in [2.24, 2.45) is 0 Å². The van der Waals surface area contributed by atoms with Gasteiger partial charge < -0.3 is 15.4 Å². The maximum Gasteiger partial charge on any atom is 0.361 e. The maximum atomic E-state index is 12.6. The highest BCUT2D eigenvalue weighted by Gasteiger charge is 2.32. The lowest BCUT2D eigenvalue weighted by molar-refractivity contribution is -0.133. The van der Waals surface area contributed by atoms with Crippen LogP contribution in [0.25, 0.3) is 11.6 Å². The Balaban J connectivity index is 1.70. The number of carbonyl (C=O) groups is 2. The summed E-state index contributed by atoms with van der Waals surface area (Å²) in [7, 11) is 0. The number of ether oxygens (including phenoxy) is 1. The van der Waals surface area contributed by atoms with Crippen LogP contribution < -0.4 is 10.6 Å². The van der Waals surface area contributed by atoms with Gasteiger partial charge in [0.15, 0.2) is 0 Å². The Labute approximate surface area is 168 Å². The predicted octanol–water partition coefficient (Wildman–Crippen LogP) is 4.82. The monoisotopic (exact) mass is 382 g/mol. The molecule has 3 aromatic rings. The minimum absolute atomic E-state index is 0.104. The molecule has 2 amide bonds. The molecule has 0 aromatic heterocycles. The Morgan fingerprint density at radius 1 is 0.759 bits per heavy atom. The van der Waals surface area contributed by atoms with E-state index < -0.39 is 12.0 Å². The van der Waals surface area contributed by atoms with Gasteiger partial charge in [-0.1, -0.05) is 78.9 Å². The second-order valence-electron chi connectivity index (χ2n) is 6.37. The number of hydrogen-bond acceptors (Lipinski definition) is 3. The van der Waals surface area contributed by atoms with Crippen LogP contribution in [0.15, 0.2) is 102 Å².